The first-order chi connectivity index (χ1) is 10.9. The van der Waals surface area contributed by atoms with Crippen LogP contribution in [-0.4, -0.2) is 41.5 Å². The molecule has 1 saturated heterocycles. The molecule has 1 atom stereocenters. The van der Waals surface area contributed by atoms with E-state index in [1.165, 1.54) is 11.8 Å². The van der Waals surface area contributed by atoms with Crippen LogP contribution in [0.25, 0.3) is 0 Å². The van der Waals surface area contributed by atoms with Gasteiger partial charge in [0.05, 0.1) is 24.6 Å². The molecule has 3 rings (SSSR count). The van der Waals surface area contributed by atoms with Crippen LogP contribution in [0.2, 0.25) is 0 Å². The van der Waals surface area contributed by atoms with Crippen molar-refractivity contribution in [1.82, 2.24) is 5.06 Å². The lowest BCUT2D eigenvalue weighted by Gasteiger charge is -2.16. The van der Waals surface area contributed by atoms with Gasteiger partial charge < -0.3 is 4.74 Å². The van der Waals surface area contributed by atoms with Gasteiger partial charge in [-0.2, -0.15) is 5.26 Å². The topological polar surface area (TPSA) is 93.9 Å². The first kappa shape index (κ1) is 15.3. The molecule has 1 N–H and O–H groups in total. The van der Waals surface area contributed by atoms with Gasteiger partial charge in [-0.25, -0.2) is 9.86 Å². The number of carbonyl (C=O) groups is 2. The molecular formula is C16H17N3O4. The SMILES string of the molecule is CC(=O)N(O)C[C@@H]1CN(c2ccc(C3(C#N)CC3)cc2)C(=O)O1. The minimum absolute atomic E-state index is 0.0623. The molecule has 0 bridgehead atoms. The summed E-state index contributed by atoms with van der Waals surface area (Å²) < 4.78 is 5.16. The van der Waals surface area contributed by atoms with Gasteiger partial charge >= 0.3 is 6.09 Å². The molecule has 7 nitrogen and oxygen atoms in total. The van der Waals surface area contributed by atoms with E-state index in [4.69, 9.17) is 4.74 Å². The molecule has 1 aliphatic carbocycles. The van der Waals surface area contributed by atoms with Crippen molar-refractivity contribution in [3.8, 4) is 6.07 Å². The molecule has 1 aromatic rings. The average molecular weight is 315 g/mol. The van der Waals surface area contributed by atoms with E-state index in [9.17, 15) is 20.1 Å². The average Bonchev–Trinajstić information content (AvgIpc) is 3.26. The van der Waals surface area contributed by atoms with E-state index in [0.717, 1.165) is 18.4 Å². The highest BCUT2D eigenvalue weighted by atomic mass is 16.6. The van der Waals surface area contributed by atoms with Crippen molar-refractivity contribution in [3.63, 3.8) is 0 Å². The highest BCUT2D eigenvalue weighted by molar-refractivity contribution is 5.89. The van der Waals surface area contributed by atoms with E-state index in [1.807, 2.05) is 12.1 Å². The van der Waals surface area contributed by atoms with Gasteiger partial charge in [-0.3, -0.25) is 14.9 Å². The lowest BCUT2D eigenvalue weighted by molar-refractivity contribution is -0.166. The summed E-state index contributed by atoms with van der Waals surface area (Å²) >= 11 is 0. The van der Waals surface area contributed by atoms with Crippen LogP contribution >= 0.6 is 0 Å². The summed E-state index contributed by atoms with van der Waals surface area (Å²) in [6, 6.07) is 9.64. The van der Waals surface area contributed by atoms with E-state index in [2.05, 4.69) is 6.07 Å². The number of hydrogen-bond donors (Lipinski definition) is 1. The summed E-state index contributed by atoms with van der Waals surface area (Å²) in [6.45, 7) is 1.43. The molecule has 0 radical (unpaired) electrons. The Labute approximate surface area is 133 Å². The van der Waals surface area contributed by atoms with Gasteiger partial charge in [0.25, 0.3) is 0 Å². The fraction of sp³-hybridized carbons (Fsp3) is 0.438. The first-order valence-electron chi connectivity index (χ1n) is 7.42. The lowest BCUT2D eigenvalue weighted by atomic mass is 9.97. The minimum atomic E-state index is -0.579. The molecular weight excluding hydrogens is 298 g/mol. The normalized spacial score (nSPS) is 21.5. The van der Waals surface area contributed by atoms with E-state index in [1.54, 1.807) is 12.1 Å². The molecule has 2 fully saturated rings. The largest absolute Gasteiger partial charge is 0.442 e. The highest BCUT2D eigenvalue weighted by Crippen LogP contribution is 2.47. The number of hydroxylamine groups is 2. The fourth-order valence-corrected chi connectivity index (χ4v) is 2.70. The van der Waals surface area contributed by atoms with Crippen molar-refractivity contribution < 1.29 is 19.5 Å². The predicted molar refractivity (Wildman–Crippen MR) is 79.8 cm³/mol. The van der Waals surface area contributed by atoms with Crippen molar-refractivity contribution in [2.45, 2.75) is 31.3 Å². The summed E-state index contributed by atoms with van der Waals surface area (Å²) in [4.78, 5) is 24.4. The molecule has 23 heavy (non-hydrogen) atoms. The summed E-state index contributed by atoms with van der Waals surface area (Å²) in [6.07, 6.45) is 0.647. The maximum Gasteiger partial charge on any atom is 0.414 e. The highest BCUT2D eigenvalue weighted by Gasteiger charge is 2.45. The molecule has 1 saturated carbocycles. The fourth-order valence-electron chi connectivity index (χ4n) is 2.70. The Morgan fingerprint density at radius 1 is 1.48 bits per heavy atom. The second-order valence-electron chi connectivity index (χ2n) is 5.96. The summed E-state index contributed by atoms with van der Waals surface area (Å²) in [7, 11) is 0. The number of rotatable bonds is 4. The van der Waals surface area contributed by atoms with Crippen molar-refractivity contribution in [3.05, 3.63) is 29.8 Å². The molecule has 120 valence electrons. The Morgan fingerprint density at radius 2 is 2.13 bits per heavy atom. The van der Waals surface area contributed by atoms with Gasteiger partial charge in [0, 0.05) is 12.6 Å². The number of hydrogen-bond acceptors (Lipinski definition) is 5. The van der Waals surface area contributed by atoms with Crippen molar-refractivity contribution in [2.75, 3.05) is 18.0 Å². The maximum atomic E-state index is 12.0. The third-order valence-electron chi connectivity index (χ3n) is 4.31. The Morgan fingerprint density at radius 3 is 2.65 bits per heavy atom. The van der Waals surface area contributed by atoms with Crippen LogP contribution in [0.4, 0.5) is 10.5 Å². The third kappa shape index (κ3) is 2.85. The Hall–Kier alpha value is -2.59. The molecule has 1 aliphatic heterocycles. The van der Waals surface area contributed by atoms with E-state index < -0.39 is 18.1 Å². The number of nitrogens with zero attached hydrogens (tertiary/aromatic N) is 3. The van der Waals surface area contributed by atoms with Crippen molar-refractivity contribution >= 4 is 17.7 Å². The van der Waals surface area contributed by atoms with Gasteiger partial charge in [-0.1, -0.05) is 12.1 Å². The molecule has 0 unspecified atom stereocenters. The zero-order chi connectivity index (χ0) is 16.6. The van der Waals surface area contributed by atoms with Crippen LogP contribution in [0.3, 0.4) is 0 Å². The number of cyclic esters (lactones) is 1. The van der Waals surface area contributed by atoms with Gasteiger partial charge in [-0.05, 0) is 30.5 Å². The molecule has 0 aromatic heterocycles. The van der Waals surface area contributed by atoms with Gasteiger partial charge in [-0.15, -0.1) is 0 Å². The Bertz CT molecular complexity index is 676. The molecule has 1 aromatic carbocycles. The van der Waals surface area contributed by atoms with Gasteiger partial charge in [0.2, 0.25) is 5.91 Å². The Balaban J connectivity index is 1.69. The molecule has 7 heteroatoms. The van der Waals surface area contributed by atoms with E-state index in [0.29, 0.717) is 10.8 Å². The summed E-state index contributed by atoms with van der Waals surface area (Å²) in [5, 5.41) is 19.2. The number of ether oxygens (including phenoxy) is 1. The number of nitriles is 1. The standard InChI is InChI=1S/C16H17N3O4/c1-11(20)19(22)9-14-8-18(15(21)23-14)13-4-2-12(3-5-13)16(10-17)6-7-16/h2-5,14,22H,6-9H2,1H3/t14-/m0/s1. The molecule has 1 heterocycles. The number of anilines is 1. The van der Waals surface area contributed by atoms with Crippen LogP contribution < -0.4 is 4.90 Å². The zero-order valence-electron chi connectivity index (χ0n) is 12.7. The lowest BCUT2D eigenvalue weighted by Crippen LogP contribution is -2.35. The van der Waals surface area contributed by atoms with Crippen LogP contribution in [0, 0.1) is 11.3 Å². The van der Waals surface area contributed by atoms with Crippen LogP contribution in [0.5, 0.6) is 0 Å². The zero-order valence-corrected chi connectivity index (χ0v) is 12.7. The van der Waals surface area contributed by atoms with Crippen molar-refractivity contribution in [2.24, 2.45) is 0 Å². The van der Waals surface area contributed by atoms with Gasteiger partial charge in [0.15, 0.2) is 0 Å². The van der Waals surface area contributed by atoms with Crippen molar-refractivity contribution in [1.29, 1.82) is 5.26 Å². The Kier molecular flexibility index (Phi) is 3.70. The van der Waals surface area contributed by atoms with Crippen LogP contribution in [-0.2, 0) is 14.9 Å². The number of amides is 2. The van der Waals surface area contributed by atoms with E-state index >= 15 is 0 Å². The van der Waals surface area contributed by atoms with Crippen LogP contribution in [0.15, 0.2) is 24.3 Å². The number of carbonyl (C=O) groups excluding carboxylic acids is 2. The summed E-state index contributed by atoms with van der Waals surface area (Å²) in [5.41, 5.74) is 1.28. The minimum Gasteiger partial charge on any atom is -0.442 e. The monoisotopic (exact) mass is 315 g/mol. The second kappa shape index (κ2) is 5.56. The molecule has 2 amide bonds. The van der Waals surface area contributed by atoms with Crippen LogP contribution in [0.1, 0.15) is 25.3 Å². The first-order valence-corrected chi connectivity index (χ1v) is 7.42. The molecule has 0 spiro atoms. The molecule has 2 aliphatic rings. The smallest absolute Gasteiger partial charge is 0.414 e. The number of benzene rings is 1. The second-order valence-corrected chi connectivity index (χ2v) is 5.96. The van der Waals surface area contributed by atoms with Gasteiger partial charge in [0.1, 0.15) is 6.10 Å². The predicted octanol–water partition coefficient (Wildman–Crippen LogP) is 1.80. The third-order valence-corrected chi connectivity index (χ3v) is 4.31. The maximum absolute atomic E-state index is 12.0. The quantitative estimate of drug-likeness (QED) is 0.675. The summed E-state index contributed by atoms with van der Waals surface area (Å²) in [5.74, 6) is -0.505. The van der Waals surface area contributed by atoms with E-state index in [-0.39, 0.29) is 18.5 Å².